The number of carbonyl (C=O) groups excluding carboxylic acids is 1. The van der Waals surface area contributed by atoms with Gasteiger partial charge in [-0.05, 0) is 50.7 Å². The van der Waals surface area contributed by atoms with Crippen LogP contribution in [0, 0.1) is 12.8 Å². The predicted octanol–water partition coefficient (Wildman–Crippen LogP) is 3.40. The molecule has 1 aromatic carbocycles. The lowest BCUT2D eigenvalue weighted by Crippen LogP contribution is -2.37. The third kappa shape index (κ3) is 3.28. The Bertz CT molecular complexity index is 448. The van der Waals surface area contributed by atoms with Gasteiger partial charge in [0, 0.05) is 17.2 Å². The molecule has 1 fully saturated rings. The van der Waals surface area contributed by atoms with Crippen molar-refractivity contribution in [2.45, 2.75) is 52.0 Å². The lowest BCUT2D eigenvalue weighted by atomic mass is 9.84. The minimum Gasteiger partial charge on any atom is -0.508 e. The third-order valence-corrected chi connectivity index (χ3v) is 4.31. The lowest BCUT2D eigenvalue weighted by molar-refractivity contribution is 0.0920. The van der Waals surface area contributed by atoms with Crippen LogP contribution in [0.5, 0.6) is 5.75 Å². The van der Waals surface area contributed by atoms with Crippen molar-refractivity contribution in [2.75, 3.05) is 0 Å². The molecule has 104 valence electrons. The molecule has 0 heterocycles. The fourth-order valence-corrected chi connectivity index (χ4v) is 2.85. The minimum atomic E-state index is -0.0617. The second-order valence-electron chi connectivity index (χ2n) is 5.55. The van der Waals surface area contributed by atoms with Crippen LogP contribution in [0.15, 0.2) is 18.2 Å². The first kappa shape index (κ1) is 13.9. The first-order valence-corrected chi connectivity index (χ1v) is 7.21. The van der Waals surface area contributed by atoms with Crippen LogP contribution in [0.25, 0.3) is 0 Å². The molecule has 2 N–H and O–H groups in total. The topological polar surface area (TPSA) is 49.3 Å². The molecule has 2 rings (SSSR count). The summed E-state index contributed by atoms with van der Waals surface area (Å²) in [6, 6.07) is 5.38. The Morgan fingerprint density at radius 3 is 2.63 bits per heavy atom. The molecule has 1 aromatic rings. The number of benzene rings is 1. The fourth-order valence-electron chi connectivity index (χ4n) is 2.85. The predicted molar refractivity (Wildman–Crippen MR) is 76.3 cm³/mol. The van der Waals surface area contributed by atoms with Gasteiger partial charge in [0.05, 0.1) is 0 Å². The van der Waals surface area contributed by atoms with Gasteiger partial charge in [0.25, 0.3) is 5.91 Å². The van der Waals surface area contributed by atoms with Gasteiger partial charge in [-0.2, -0.15) is 0 Å². The number of amides is 1. The fraction of sp³-hybridized carbons (Fsp3) is 0.562. The smallest absolute Gasteiger partial charge is 0.251 e. The number of rotatable bonds is 3. The Labute approximate surface area is 115 Å². The van der Waals surface area contributed by atoms with Gasteiger partial charge in [0.2, 0.25) is 0 Å². The minimum absolute atomic E-state index is 0.0617. The number of hydrogen-bond donors (Lipinski definition) is 2. The summed E-state index contributed by atoms with van der Waals surface area (Å²) >= 11 is 0. The van der Waals surface area contributed by atoms with E-state index in [1.54, 1.807) is 25.1 Å². The number of hydrogen-bond acceptors (Lipinski definition) is 2. The Morgan fingerprint density at radius 2 is 2.00 bits per heavy atom. The molecule has 0 bridgehead atoms. The van der Waals surface area contributed by atoms with E-state index in [0.29, 0.717) is 11.1 Å². The van der Waals surface area contributed by atoms with E-state index in [2.05, 4.69) is 12.2 Å². The molecule has 0 spiro atoms. The average Bonchev–Trinajstić information content (AvgIpc) is 2.42. The van der Waals surface area contributed by atoms with Gasteiger partial charge in [0.15, 0.2) is 0 Å². The van der Waals surface area contributed by atoms with E-state index >= 15 is 0 Å². The van der Waals surface area contributed by atoms with Crippen LogP contribution >= 0.6 is 0 Å². The highest BCUT2D eigenvalue weighted by Crippen LogP contribution is 2.27. The Hall–Kier alpha value is -1.51. The molecular formula is C16H23NO2. The van der Waals surface area contributed by atoms with Gasteiger partial charge in [-0.3, -0.25) is 4.79 Å². The summed E-state index contributed by atoms with van der Waals surface area (Å²) in [5, 5.41) is 12.7. The molecule has 0 saturated heterocycles. The summed E-state index contributed by atoms with van der Waals surface area (Å²) in [6.45, 7) is 4.01. The molecule has 3 nitrogen and oxygen atoms in total. The normalized spacial score (nSPS) is 23.1. The Kier molecular flexibility index (Phi) is 4.46. The van der Waals surface area contributed by atoms with Crippen LogP contribution in [0.4, 0.5) is 0 Å². The molecular weight excluding hydrogens is 238 g/mol. The van der Waals surface area contributed by atoms with E-state index in [1.165, 1.54) is 19.3 Å². The van der Waals surface area contributed by atoms with Crippen molar-refractivity contribution in [1.29, 1.82) is 0 Å². The van der Waals surface area contributed by atoms with Crippen LogP contribution in [0.3, 0.4) is 0 Å². The molecule has 19 heavy (non-hydrogen) atoms. The Morgan fingerprint density at radius 1 is 1.32 bits per heavy atom. The van der Waals surface area contributed by atoms with Crippen molar-refractivity contribution in [1.82, 2.24) is 5.32 Å². The molecule has 0 radical (unpaired) electrons. The second-order valence-corrected chi connectivity index (χ2v) is 5.55. The SMILES string of the molecule is CCC1CCC(NC(=O)c2cccc(O)c2C)CC1. The maximum atomic E-state index is 12.2. The summed E-state index contributed by atoms with van der Waals surface area (Å²) < 4.78 is 0. The standard InChI is InChI=1S/C16H23NO2/c1-3-12-7-9-13(10-8-12)17-16(19)14-5-4-6-15(18)11(14)2/h4-6,12-13,18H,3,7-10H2,1-2H3,(H,17,19). The highest BCUT2D eigenvalue weighted by atomic mass is 16.3. The molecule has 1 aliphatic carbocycles. The summed E-state index contributed by atoms with van der Waals surface area (Å²) in [5.74, 6) is 0.950. The van der Waals surface area contributed by atoms with Crippen molar-refractivity contribution in [3.63, 3.8) is 0 Å². The van der Waals surface area contributed by atoms with Gasteiger partial charge in [-0.15, -0.1) is 0 Å². The number of phenols is 1. The molecule has 1 saturated carbocycles. The van der Waals surface area contributed by atoms with Crippen molar-refractivity contribution >= 4 is 5.91 Å². The molecule has 1 amide bonds. The van der Waals surface area contributed by atoms with Crippen LogP contribution < -0.4 is 5.32 Å². The van der Waals surface area contributed by atoms with Crippen LogP contribution in [-0.2, 0) is 0 Å². The third-order valence-electron chi connectivity index (χ3n) is 4.31. The summed E-state index contributed by atoms with van der Waals surface area (Å²) in [5.41, 5.74) is 1.24. The number of carbonyl (C=O) groups is 1. The van der Waals surface area contributed by atoms with E-state index in [4.69, 9.17) is 0 Å². The first-order chi connectivity index (χ1) is 9.11. The van der Waals surface area contributed by atoms with Crippen molar-refractivity contribution in [3.05, 3.63) is 29.3 Å². The van der Waals surface area contributed by atoms with E-state index in [9.17, 15) is 9.90 Å². The quantitative estimate of drug-likeness (QED) is 0.876. The monoisotopic (exact) mass is 261 g/mol. The molecule has 0 aliphatic heterocycles. The van der Waals surface area contributed by atoms with E-state index < -0.39 is 0 Å². The van der Waals surface area contributed by atoms with E-state index in [1.807, 2.05) is 0 Å². The summed E-state index contributed by atoms with van der Waals surface area (Å²) in [6.07, 6.45) is 5.80. The largest absolute Gasteiger partial charge is 0.508 e. The number of aromatic hydroxyl groups is 1. The van der Waals surface area contributed by atoms with E-state index in [0.717, 1.165) is 18.8 Å². The molecule has 1 aliphatic rings. The zero-order chi connectivity index (χ0) is 13.8. The summed E-state index contributed by atoms with van der Waals surface area (Å²) in [4.78, 5) is 12.2. The second kappa shape index (κ2) is 6.09. The first-order valence-electron chi connectivity index (χ1n) is 7.21. The maximum Gasteiger partial charge on any atom is 0.251 e. The molecule has 0 aromatic heterocycles. The highest BCUT2D eigenvalue weighted by Gasteiger charge is 2.22. The average molecular weight is 261 g/mol. The van der Waals surface area contributed by atoms with Gasteiger partial charge >= 0.3 is 0 Å². The zero-order valence-corrected chi connectivity index (χ0v) is 11.8. The van der Waals surface area contributed by atoms with Crippen molar-refractivity contribution in [3.8, 4) is 5.75 Å². The van der Waals surface area contributed by atoms with Crippen molar-refractivity contribution < 1.29 is 9.90 Å². The Balaban J connectivity index is 1.96. The molecule has 0 atom stereocenters. The van der Waals surface area contributed by atoms with Gasteiger partial charge in [0.1, 0.15) is 5.75 Å². The molecule has 0 unspecified atom stereocenters. The van der Waals surface area contributed by atoms with Crippen molar-refractivity contribution in [2.24, 2.45) is 5.92 Å². The number of phenolic OH excluding ortho intramolecular Hbond substituents is 1. The van der Waals surface area contributed by atoms with E-state index in [-0.39, 0.29) is 17.7 Å². The zero-order valence-electron chi connectivity index (χ0n) is 11.8. The van der Waals surface area contributed by atoms with Gasteiger partial charge < -0.3 is 10.4 Å². The maximum absolute atomic E-state index is 12.2. The van der Waals surface area contributed by atoms with Gasteiger partial charge in [-0.25, -0.2) is 0 Å². The van der Waals surface area contributed by atoms with Crippen LogP contribution in [0.1, 0.15) is 54.9 Å². The highest BCUT2D eigenvalue weighted by molar-refractivity contribution is 5.96. The lowest BCUT2D eigenvalue weighted by Gasteiger charge is -2.28. The summed E-state index contributed by atoms with van der Waals surface area (Å²) in [7, 11) is 0. The number of nitrogens with one attached hydrogen (secondary N) is 1. The molecule has 3 heteroatoms. The van der Waals surface area contributed by atoms with Crippen LogP contribution in [0.2, 0.25) is 0 Å². The van der Waals surface area contributed by atoms with Crippen LogP contribution in [-0.4, -0.2) is 17.1 Å². The van der Waals surface area contributed by atoms with Gasteiger partial charge in [-0.1, -0.05) is 19.4 Å².